The number of pyridine rings is 1. The van der Waals surface area contributed by atoms with E-state index >= 15 is 0 Å². The zero-order valence-corrected chi connectivity index (χ0v) is 9.17. The molecule has 6 heteroatoms. The van der Waals surface area contributed by atoms with E-state index < -0.39 is 5.97 Å². The highest BCUT2D eigenvalue weighted by molar-refractivity contribution is 5.89. The van der Waals surface area contributed by atoms with Crippen molar-refractivity contribution in [1.29, 1.82) is 0 Å². The van der Waals surface area contributed by atoms with Crippen molar-refractivity contribution in [2.75, 3.05) is 7.05 Å². The van der Waals surface area contributed by atoms with Gasteiger partial charge in [0.1, 0.15) is 11.5 Å². The number of carboxylic acid groups (broad SMARTS) is 1. The van der Waals surface area contributed by atoms with Crippen molar-refractivity contribution in [1.82, 2.24) is 14.7 Å². The molecule has 0 bridgehead atoms. The lowest BCUT2D eigenvalue weighted by Gasteiger charge is -2.01. The second-order valence-corrected chi connectivity index (χ2v) is 3.54. The molecule has 88 valence electrons. The molecule has 0 aromatic carbocycles. The molecule has 0 amide bonds. The van der Waals surface area contributed by atoms with Gasteiger partial charge in [-0.1, -0.05) is 0 Å². The third-order valence-electron chi connectivity index (χ3n) is 2.43. The molecule has 0 radical (unpaired) electrons. The van der Waals surface area contributed by atoms with Gasteiger partial charge in [0, 0.05) is 6.20 Å². The minimum atomic E-state index is -1.01. The molecule has 0 aliphatic rings. The summed E-state index contributed by atoms with van der Waals surface area (Å²) in [6, 6.07) is 3.04. The van der Waals surface area contributed by atoms with Gasteiger partial charge in [0.2, 0.25) is 0 Å². The van der Waals surface area contributed by atoms with E-state index in [-0.39, 0.29) is 5.56 Å². The van der Waals surface area contributed by atoms with Gasteiger partial charge < -0.3 is 14.8 Å². The first-order chi connectivity index (χ1) is 8.17. The molecule has 0 saturated carbocycles. The van der Waals surface area contributed by atoms with Gasteiger partial charge >= 0.3 is 5.97 Å². The molecule has 17 heavy (non-hydrogen) atoms. The molecular weight excluding hydrogens is 222 g/mol. The molecule has 2 N–H and O–H groups in total. The number of fused-ring (bicyclic) bond motifs is 1. The van der Waals surface area contributed by atoms with Crippen LogP contribution in [0.3, 0.4) is 0 Å². The molecule has 0 atom stereocenters. The molecule has 0 aliphatic heterocycles. The first-order valence-corrected chi connectivity index (χ1v) is 5.01. The first kappa shape index (κ1) is 11.3. The van der Waals surface area contributed by atoms with Crippen molar-refractivity contribution in [3.63, 3.8) is 0 Å². The van der Waals surface area contributed by atoms with Crippen molar-refractivity contribution < 1.29 is 14.7 Å². The number of carbonyl (C=O) groups is 2. The van der Waals surface area contributed by atoms with E-state index in [9.17, 15) is 9.59 Å². The second-order valence-electron chi connectivity index (χ2n) is 3.54. The first-order valence-electron chi connectivity index (χ1n) is 5.01. The summed E-state index contributed by atoms with van der Waals surface area (Å²) in [5.41, 5.74) is 1.08. The number of carbonyl (C=O) groups excluding carboxylic acids is 1. The van der Waals surface area contributed by atoms with Crippen LogP contribution >= 0.6 is 0 Å². The minimum Gasteiger partial charge on any atom is -0.478 e. The van der Waals surface area contributed by atoms with E-state index in [2.05, 4.69) is 10.3 Å². The fraction of sp³-hybridized carbons (Fsp3) is 0.182. The number of rotatable bonds is 4. The SMILES string of the molecule is CNCc1nc(C=O)c2ccc(C(=O)O)cn12. The Hall–Kier alpha value is -2.21. The van der Waals surface area contributed by atoms with Crippen LogP contribution in [0.5, 0.6) is 0 Å². The zero-order valence-electron chi connectivity index (χ0n) is 9.17. The van der Waals surface area contributed by atoms with Crippen molar-refractivity contribution in [2.24, 2.45) is 0 Å². The Balaban J connectivity index is 2.68. The normalized spacial score (nSPS) is 10.6. The van der Waals surface area contributed by atoms with Crippen LogP contribution in [0.25, 0.3) is 5.52 Å². The number of nitrogens with one attached hydrogen (secondary N) is 1. The lowest BCUT2D eigenvalue weighted by molar-refractivity contribution is 0.0696. The third kappa shape index (κ3) is 1.90. The van der Waals surface area contributed by atoms with Gasteiger partial charge in [-0.25, -0.2) is 9.78 Å². The molecule has 0 spiro atoms. The predicted octanol–water partition coefficient (Wildman–Crippen LogP) is 0.564. The van der Waals surface area contributed by atoms with Gasteiger partial charge in [0.25, 0.3) is 0 Å². The fourth-order valence-electron chi connectivity index (χ4n) is 1.67. The number of carboxylic acids is 1. The Labute approximate surface area is 96.9 Å². The highest BCUT2D eigenvalue weighted by atomic mass is 16.4. The largest absolute Gasteiger partial charge is 0.478 e. The fourth-order valence-corrected chi connectivity index (χ4v) is 1.67. The van der Waals surface area contributed by atoms with Crippen LogP contribution in [0.2, 0.25) is 0 Å². The number of aldehydes is 1. The summed E-state index contributed by atoms with van der Waals surface area (Å²) in [6.07, 6.45) is 2.12. The van der Waals surface area contributed by atoms with Crippen LogP contribution in [0.15, 0.2) is 18.3 Å². The monoisotopic (exact) mass is 233 g/mol. The van der Waals surface area contributed by atoms with Gasteiger partial charge in [-0.05, 0) is 19.2 Å². The molecular formula is C11H11N3O3. The highest BCUT2D eigenvalue weighted by Gasteiger charge is 2.12. The summed E-state index contributed by atoms with van der Waals surface area (Å²) >= 11 is 0. The summed E-state index contributed by atoms with van der Waals surface area (Å²) in [5.74, 6) is -0.406. The summed E-state index contributed by atoms with van der Waals surface area (Å²) in [6.45, 7) is 0.456. The summed E-state index contributed by atoms with van der Waals surface area (Å²) in [5, 5.41) is 11.8. The summed E-state index contributed by atoms with van der Waals surface area (Å²) in [4.78, 5) is 25.9. The Bertz CT molecular complexity index is 589. The number of aromatic nitrogens is 2. The zero-order chi connectivity index (χ0) is 12.4. The van der Waals surface area contributed by atoms with E-state index in [1.54, 1.807) is 17.5 Å². The Morgan fingerprint density at radius 1 is 1.59 bits per heavy atom. The van der Waals surface area contributed by atoms with Crippen LogP contribution in [0.1, 0.15) is 26.7 Å². The highest BCUT2D eigenvalue weighted by Crippen LogP contribution is 2.13. The number of hydrogen-bond acceptors (Lipinski definition) is 4. The number of hydrogen-bond donors (Lipinski definition) is 2. The molecule has 2 aromatic heterocycles. The quantitative estimate of drug-likeness (QED) is 0.754. The second kappa shape index (κ2) is 4.34. The maximum absolute atomic E-state index is 10.9. The van der Waals surface area contributed by atoms with Crippen molar-refractivity contribution in [2.45, 2.75) is 6.54 Å². The maximum Gasteiger partial charge on any atom is 0.337 e. The van der Waals surface area contributed by atoms with Gasteiger partial charge in [0.05, 0.1) is 17.6 Å². The Morgan fingerprint density at radius 3 is 2.94 bits per heavy atom. The van der Waals surface area contributed by atoms with E-state index in [1.807, 2.05) is 0 Å². The number of imidazole rings is 1. The van der Waals surface area contributed by atoms with E-state index in [4.69, 9.17) is 5.11 Å². The molecule has 0 fully saturated rings. The van der Waals surface area contributed by atoms with Crippen molar-refractivity contribution in [3.8, 4) is 0 Å². The molecule has 2 heterocycles. The average molecular weight is 233 g/mol. The summed E-state index contributed by atoms with van der Waals surface area (Å²) < 4.78 is 1.61. The Morgan fingerprint density at radius 2 is 2.35 bits per heavy atom. The minimum absolute atomic E-state index is 0.157. The number of aromatic carboxylic acids is 1. The molecule has 0 aliphatic carbocycles. The van der Waals surface area contributed by atoms with Crippen LogP contribution in [-0.4, -0.2) is 33.8 Å². The third-order valence-corrected chi connectivity index (χ3v) is 2.43. The molecule has 2 rings (SSSR count). The van der Waals surface area contributed by atoms with E-state index in [1.165, 1.54) is 12.3 Å². The van der Waals surface area contributed by atoms with Gasteiger partial charge in [-0.15, -0.1) is 0 Å². The molecule has 2 aromatic rings. The predicted molar refractivity (Wildman–Crippen MR) is 60.3 cm³/mol. The molecule has 0 saturated heterocycles. The van der Waals surface area contributed by atoms with Crippen LogP contribution < -0.4 is 5.32 Å². The van der Waals surface area contributed by atoms with Crippen LogP contribution in [-0.2, 0) is 6.54 Å². The van der Waals surface area contributed by atoms with Crippen LogP contribution in [0.4, 0.5) is 0 Å². The standard InChI is InChI=1S/C11H11N3O3/c1-12-4-10-13-8(6-15)9-3-2-7(11(16)17)5-14(9)10/h2-3,5-6,12H,4H2,1H3,(H,16,17). The van der Waals surface area contributed by atoms with Crippen LogP contribution in [0, 0.1) is 0 Å². The topological polar surface area (TPSA) is 83.7 Å². The number of nitrogens with zero attached hydrogens (tertiary/aromatic N) is 2. The van der Waals surface area contributed by atoms with Crippen molar-refractivity contribution >= 4 is 17.8 Å². The molecule has 6 nitrogen and oxygen atoms in total. The van der Waals surface area contributed by atoms with Gasteiger partial charge in [-0.2, -0.15) is 0 Å². The Kier molecular flexibility index (Phi) is 2.88. The average Bonchev–Trinajstić information content (AvgIpc) is 2.67. The smallest absolute Gasteiger partial charge is 0.337 e. The van der Waals surface area contributed by atoms with E-state index in [0.717, 1.165) is 0 Å². The van der Waals surface area contributed by atoms with Gasteiger partial charge in [0.15, 0.2) is 6.29 Å². The summed E-state index contributed by atoms with van der Waals surface area (Å²) in [7, 11) is 1.75. The van der Waals surface area contributed by atoms with Gasteiger partial charge in [-0.3, -0.25) is 4.79 Å². The van der Waals surface area contributed by atoms with E-state index in [0.29, 0.717) is 29.9 Å². The molecule has 0 unspecified atom stereocenters. The van der Waals surface area contributed by atoms with Crippen molar-refractivity contribution in [3.05, 3.63) is 35.4 Å². The lowest BCUT2D eigenvalue weighted by atomic mass is 10.2. The maximum atomic E-state index is 10.9. The lowest BCUT2D eigenvalue weighted by Crippen LogP contribution is -2.09.